The van der Waals surface area contributed by atoms with Gasteiger partial charge in [0.25, 0.3) is 0 Å². The van der Waals surface area contributed by atoms with Crippen molar-refractivity contribution in [3.63, 3.8) is 0 Å². The standard InChI is InChI=1S/C3H8N2OS/c1-5-3-2-4-7(5)6/h4H,2-3H2,1H3. The fourth-order valence-electron chi connectivity index (χ4n) is 0.484. The zero-order chi connectivity index (χ0) is 5.28. The Labute approximate surface area is 45.4 Å². The van der Waals surface area contributed by atoms with Crippen LogP contribution in [0, 0.1) is 0 Å². The lowest BCUT2D eigenvalue weighted by Crippen LogP contribution is -2.17. The molecule has 1 unspecified atom stereocenters. The Bertz CT molecular complexity index is 94.9. The van der Waals surface area contributed by atoms with Crippen molar-refractivity contribution in [1.82, 2.24) is 9.03 Å². The van der Waals surface area contributed by atoms with E-state index in [1.165, 1.54) is 0 Å². The van der Waals surface area contributed by atoms with E-state index in [1.54, 1.807) is 4.31 Å². The number of rotatable bonds is 0. The van der Waals surface area contributed by atoms with Gasteiger partial charge in [0.1, 0.15) is 0 Å². The van der Waals surface area contributed by atoms with Crippen molar-refractivity contribution in [2.75, 3.05) is 20.1 Å². The fourth-order valence-corrected chi connectivity index (χ4v) is 1.23. The molecule has 0 spiro atoms. The summed E-state index contributed by atoms with van der Waals surface area (Å²) in [5.74, 6) is 0. The minimum Gasteiger partial charge on any atom is -0.225 e. The zero-order valence-corrected chi connectivity index (χ0v) is 4.99. The lowest BCUT2D eigenvalue weighted by Gasteiger charge is -1.99. The Balaban J connectivity index is 2.48. The van der Waals surface area contributed by atoms with Gasteiger partial charge in [0.2, 0.25) is 0 Å². The predicted molar refractivity (Wildman–Crippen MR) is 28.8 cm³/mol. The van der Waals surface area contributed by atoms with Crippen molar-refractivity contribution < 1.29 is 4.21 Å². The molecule has 1 aliphatic rings. The van der Waals surface area contributed by atoms with Gasteiger partial charge in [-0.25, -0.2) is 13.2 Å². The molecular formula is C3H8N2OS. The molecule has 0 bridgehead atoms. The summed E-state index contributed by atoms with van der Waals surface area (Å²) in [5.41, 5.74) is 0. The maximum atomic E-state index is 10.5. The van der Waals surface area contributed by atoms with Gasteiger partial charge in [0, 0.05) is 20.1 Å². The molecule has 0 aromatic carbocycles. The minimum absolute atomic E-state index is 0.850. The highest BCUT2D eigenvalue weighted by Gasteiger charge is 2.12. The second-order valence-corrected chi connectivity index (χ2v) is 2.91. The van der Waals surface area contributed by atoms with Crippen LogP contribution in [0.4, 0.5) is 0 Å². The van der Waals surface area contributed by atoms with Gasteiger partial charge < -0.3 is 0 Å². The smallest absolute Gasteiger partial charge is 0.169 e. The molecule has 0 aliphatic carbocycles. The van der Waals surface area contributed by atoms with E-state index in [4.69, 9.17) is 0 Å². The van der Waals surface area contributed by atoms with E-state index >= 15 is 0 Å². The molecule has 1 rings (SSSR count). The lowest BCUT2D eigenvalue weighted by atomic mass is 10.7. The Morgan fingerprint density at radius 3 is 2.71 bits per heavy atom. The number of hydrogen-bond acceptors (Lipinski definition) is 1. The molecule has 3 nitrogen and oxygen atoms in total. The molecule has 0 aromatic rings. The van der Waals surface area contributed by atoms with Crippen LogP contribution in [0.1, 0.15) is 0 Å². The van der Waals surface area contributed by atoms with Crippen LogP contribution in [0.5, 0.6) is 0 Å². The van der Waals surface area contributed by atoms with Crippen LogP contribution in [0.2, 0.25) is 0 Å². The summed E-state index contributed by atoms with van der Waals surface area (Å²) in [6, 6.07) is 0. The van der Waals surface area contributed by atoms with Crippen molar-refractivity contribution in [3.05, 3.63) is 0 Å². The SMILES string of the molecule is CN1CCNS1=O. The predicted octanol–water partition coefficient (Wildman–Crippen LogP) is -0.900. The third-order valence-electron chi connectivity index (χ3n) is 0.935. The molecular weight excluding hydrogens is 112 g/mol. The molecule has 1 N–H and O–H groups in total. The molecule has 0 aromatic heterocycles. The van der Waals surface area contributed by atoms with Crippen LogP contribution in [-0.2, 0) is 11.2 Å². The van der Waals surface area contributed by atoms with Crippen molar-refractivity contribution in [2.45, 2.75) is 0 Å². The quantitative estimate of drug-likeness (QED) is 0.441. The van der Waals surface area contributed by atoms with Crippen LogP contribution in [0.15, 0.2) is 0 Å². The molecule has 1 aliphatic heterocycles. The molecule has 0 amide bonds. The average molecular weight is 120 g/mol. The number of nitrogens with zero attached hydrogens (tertiary/aromatic N) is 1. The highest BCUT2D eigenvalue weighted by molar-refractivity contribution is 7.80. The van der Waals surface area contributed by atoms with E-state index in [0.29, 0.717) is 0 Å². The second kappa shape index (κ2) is 1.90. The first-order chi connectivity index (χ1) is 3.30. The number of hydrogen-bond donors (Lipinski definition) is 1. The van der Waals surface area contributed by atoms with Crippen LogP contribution >= 0.6 is 0 Å². The summed E-state index contributed by atoms with van der Waals surface area (Å²) in [6.07, 6.45) is 0. The van der Waals surface area contributed by atoms with E-state index in [-0.39, 0.29) is 0 Å². The molecule has 1 atom stereocenters. The fraction of sp³-hybridized carbons (Fsp3) is 1.00. The van der Waals surface area contributed by atoms with Crippen molar-refractivity contribution >= 4 is 11.2 Å². The van der Waals surface area contributed by atoms with E-state index < -0.39 is 11.2 Å². The van der Waals surface area contributed by atoms with Gasteiger partial charge in [-0.2, -0.15) is 0 Å². The highest BCUT2D eigenvalue weighted by atomic mass is 32.2. The van der Waals surface area contributed by atoms with Crippen LogP contribution in [0.25, 0.3) is 0 Å². The lowest BCUT2D eigenvalue weighted by molar-refractivity contribution is 0.571. The summed E-state index contributed by atoms with van der Waals surface area (Å²) in [7, 11) is 1.83. The first-order valence-electron chi connectivity index (χ1n) is 2.17. The van der Waals surface area contributed by atoms with Crippen molar-refractivity contribution in [1.29, 1.82) is 0 Å². The topological polar surface area (TPSA) is 32.3 Å². The molecule has 7 heavy (non-hydrogen) atoms. The first-order valence-corrected chi connectivity index (χ1v) is 3.28. The van der Waals surface area contributed by atoms with Gasteiger partial charge in [0.15, 0.2) is 11.2 Å². The van der Waals surface area contributed by atoms with Gasteiger partial charge in [-0.1, -0.05) is 0 Å². The van der Waals surface area contributed by atoms with Gasteiger partial charge in [-0.05, 0) is 0 Å². The largest absolute Gasteiger partial charge is 0.225 e. The van der Waals surface area contributed by atoms with E-state index in [1.807, 2.05) is 7.05 Å². The molecule has 1 fully saturated rings. The number of likely N-dealkylation sites (N-methyl/N-ethyl adjacent to an activating group) is 1. The van der Waals surface area contributed by atoms with Crippen LogP contribution in [0.3, 0.4) is 0 Å². The maximum Gasteiger partial charge on any atom is 0.169 e. The van der Waals surface area contributed by atoms with E-state index in [9.17, 15) is 4.21 Å². The van der Waals surface area contributed by atoms with Gasteiger partial charge >= 0.3 is 0 Å². The van der Waals surface area contributed by atoms with Crippen molar-refractivity contribution in [2.24, 2.45) is 0 Å². The van der Waals surface area contributed by atoms with Gasteiger partial charge in [0.05, 0.1) is 0 Å². The minimum atomic E-state index is -0.884. The molecule has 0 radical (unpaired) electrons. The maximum absolute atomic E-state index is 10.5. The average Bonchev–Trinajstić information content (AvgIpc) is 1.91. The second-order valence-electron chi connectivity index (χ2n) is 1.50. The summed E-state index contributed by atoms with van der Waals surface area (Å²) < 4.78 is 15.0. The summed E-state index contributed by atoms with van der Waals surface area (Å²) in [5, 5.41) is 0. The van der Waals surface area contributed by atoms with E-state index in [0.717, 1.165) is 13.1 Å². The van der Waals surface area contributed by atoms with Crippen LogP contribution < -0.4 is 4.72 Å². The Kier molecular flexibility index (Phi) is 1.41. The molecule has 42 valence electrons. The Morgan fingerprint density at radius 2 is 2.57 bits per heavy atom. The third kappa shape index (κ3) is 0.992. The first kappa shape index (κ1) is 5.21. The normalized spacial score (nSPS) is 34.1. The number of nitrogens with one attached hydrogen (secondary N) is 1. The highest BCUT2D eigenvalue weighted by Crippen LogP contribution is 1.91. The molecule has 0 saturated carbocycles. The van der Waals surface area contributed by atoms with Crippen LogP contribution in [-0.4, -0.2) is 28.7 Å². The molecule has 4 heteroatoms. The molecule has 1 saturated heterocycles. The van der Waals surface area contributed by atoms with Gasteiger partial charge in [-0.15, -0.1) is 0 Å². The summed E-state index contributed by atoms with van der Waals surface area (Å²) in [4.78, 5) is 0. The third-order valence-corrected chi connectivity index (χ3v) is 2.14. The zero-order valence-electron chi connectivity index (χ0n) is 4.18. The van der Waals surface area contributed by atoms with Gasteiger partial charge in [-0.3, -0.25) is 0 Å². The Hall–Kier alpha value is 0.0700. The monoisotopic (exact) mass is 120 g/mol. The summed E-state index contributed by atoms with van der Waals surface area (Å²) >= 11 is -0.884. The Morgan fingerprint density at radius 1 is 1.86 bits per heavy atom. The molecule has 1 heterocycles. The van der Waals surface area contributed by atoms with E-state index in [2.05, 4.69) is 4.72 Å². The summed E-state index contributed by atoms with van der Waals surface area (Å²) in [6.45, 7) is 1.75. The van der Waals surface area contributed by atoms with Crippen molar-refractivity contribution in [3.8, 4) is 0 Å².